The van der Waals surface area contributed by atoms with Crippen LogP contribution >= 0.6 is 0 Å². The van der Waals surface area contributed by atoms with Crippen LogP contribution in [-0.2, 0) is 9.53 Å². The van der Waals surface area contributed by atoms with Gasteiger partial charge in [0.25, 0.3) is 0 Å². The van der Waals surface area contributed by atoms with Crippen molar-refractivity contribution in [2.24, 2.45) is 5.73 Å². The third kappa shape index (κ3) is 6.61. The summed E-state index contributed by atoms with van der Waals surface area (Å²) in [6.45, 7) is 7.65. The molecule has 1 atom stereocenters. The molecule has 17 heavy (non-hydrogen) atoms. The Balaban J connectivity index is 1.98. The predicted molar refractivity (Wildman–Crippen MR) is 67.7 cm³/mol. The van der Waals surface area contributed by atoms with Crippen LogP contribution in [0.4, 0.5) is 0 Å². The fourth-order valence-corrected chi connectivity index (χ4v) is 1.88. The molecule has 100 valence electrons. The van der Waals surface area contributed by atoms with Crippen LogP contribution in [0.3, 0.4) is 0 Å². The fourth-order valence-electron chi connectivity index (χ4n) is 1.88. The summed E-state index contributed by atoms with van der Waals surface area (Å²) in [7, 11) is 0. The van der Waals surface area contributed by atoms with E-state index in [4.69, 9.17) is 10.5 Å². The molecular formula is C12H25N3O2. The van der Waals surface area contributed by atoms with Gasteiger partial charge in [0, 0.05) is 32.3 Å². The van der Waals surface area contributed by atoms with Crippen molar-refractivity contribution < 1.29 is 9.53 Å². The van der Waals surface area contributed by atoms with Crippen LogP contribution in [0.5, 0.6) is 0 Å². The molecule has 1 amide bonds. The molecule has 0 saturated carbocycles. The van der Waals surface area contributed by atoms with Gasteiger partial charge in [-0.2, -0.15) is 0 Å². The van der Waals surface area contributed by atoms with Gasteiger partial charge in [0.15, 0.2) is 0 Å². The molecule has 0 aliphatic carbocycles. The van der Waals surface area contributed by atoms with E-state index in [2.05, 4.69) is 10.2 Å². The minimum atomic E-state index is 0.0867. The number of carbonyl (C=O) groups is 1. The summed E-state index contributed by atoms with van der Waals surface area (Å²) in [5.41, 5.74) is 5.78. The van der Waals surface area contributed by atoms with E-state index in [1.54, 1.807) is 0 Å². The standard InChI is InChI=1S/C12H25N3O2/c1-10(2)17-7-3-5-14-12(16)9-15-6-4-11(13)8-15/h10-11H,3-9,13H2,1-2H3,(H,14,16)/t11-/m1/s1. The maximum atomic E-state index is 11.6. The maximum absolute atomic E-state index is 11.6. The molecule has 5 heteroatoms. The van der Waals surface area contributed by atoms with E-state index in [1.807, 2.05) is 13.8 Å². The number of hydrogen-bond acceptors (Lipinski definition) is 4. The summed E-state index contributed by atoms with van der Waals surface area (Å²) in [4.78, 5) is 13.7. The Morgan fingerprint density at radius 2 is 2.35 bits per heavy atom. The Kier molecular flexibility index (Phi) is 6.47. The van der Waals surface area contributed by atoms with E-state index >= 15 is 0 Å². The first-order valence-corrected chi connectivity index (χ1v) is 6.44. The molecule has 1 aliphatic rings. The van der Waals surface area contributed by atoms with Gasteiger partial charge in [-0.3, -0.25) is 9.69 Å². The summed E-state index contributed by atoms with van der Waals surface area (Å²) in [5, 5.41) is 2.90. The van der Waals surface area contributed by atoms with Gasteiger partial charge in [-0.05, 0) is 26.7 Å². The molecule has 1 fully saturated rings. The first-order valence-electron chi connectivity index (χ1n) is 6.44. The highest BCUT2D eigenvalue weighted by Crippen LogP contribution is 2.05. The number of carbonyl (C=O) groups excluding carboxylic acids is 1. The zero-order valence-electron chi connectivity index (χ0n) is 10.9. The lowest BCUT2D eigenvalue weighted by molar-refractivity contribution is -0.122. The number of amides is 1. The van der Waals surface area contributed by atoms with Crippen molar-refractivity contribution in [3.8, 4) is 0 Å². The molecule has 0 bridgehead atoms. The second-order valence-corrected chi connectivity index (χ2v) is 4.91. The smallest absolute Gasteiger partial charge is 0.234 e. The number of hydrogen-bond donors (Lipinski definition) is 2. The van der Waals surface area contributed by atoms with Crippen LogP contribution in [0.2, 0.25) is 0 Å². The second-order valence-electron chi connectivity index (χ2n) is 4.91. The van der Waals surface area contributed by atoms with Crippen LogP contribution in [-0.4, -0.2) is 55.7 Å². The number of ether oxygens (including phenoxy) is 1. The maximum Gasteiger partial charge on any atom is 0.234 e. The third-order valence-corrected chi connectivity index (χ3v) is 2.77. The minimum absolute atomic E-state index is 0.0867. The normalized spacial score (nSPS) is 21.1. The van der Waals surface area contributed by atoms with Gasteiger partial charge in [0.05, 0.1) is 12.6 Å². The number of rotatable bonds is 7. The Hall–Kier alpha value is -0.650. The van der Waals surface area contributed by atoms with Gasteiger partial charge in [-0.15, -0.1) is 0 Å². The van der Waals surface area contributed by atoms with Crippen LogP contribution in [0.1, 0.15) is 26.7 Å². The summed E-state index contributed by atoms with van der Waals surface area (Å²) in [6.07, 6.45) is 2.12. The van der Waals surface area contributed by atoms with Crippen LogP contribution in [0.25, 0.3) is 0 Å². The lowest BCUT2D eigenvalue weighted by atomic mass is 10.3. The van der Waals surface area contributed by atoms with E-state index < -0.39 is 0 Å². The number of nitrogens with zero attached hydrogens (tertiary/aromatic N) is 1. The van der Waals surface area contributed by atoms with Crippen LogP contribution in [0.15, 0.2) is 0 Å². The molecule has 1 rings (SSSR count). The van der Waals surface area contributed by atoms with Gasteiger partial charge >= 0.3 is 0 Å². The minimum Gasteiger partial charge on any atom is -0.379 e. The second kappa shape index (κ2) is 7.63. The molecule has 1 saturated heterocycles. The first-order chi connectivity index (χ1) is 8.08. The van der Waals surface area contributed by atoms with Gasteiger partial charge in [-0.25, -0.2) is 0 Å². The Morgan fingerprint density at radius 1 is 1.59 bits per heavy atom. The average Bonchev–Trinajstić information content (AvgIpc) is 2.63. The monoisotopic (exact) mass is 243 g/mol. The largest absolute Gasteiger partial charge is 0.379 e. The van der Waals surface area contributed by atoms with Crippen molar-refractivity contribution in [1.82, 2.24) is 10.2 Å². The molecule has 1 heterocycles. The average molecular weight is 243 g/mol. The van der Waals surface area contributed by atoms with Crippen molar-refractivity contribution in [3.63, 3.8) is 0 Å². The number of nitrogens with one attached hydrogen (secondary N) is 1. The highest BCUT2D eigenvalue weighted by molar-refractivity contribution is 5.78. The highest BCUT2D eigenvalue weighted by atomic mass is 16.5. The van der Waals surface area contributed by atoms with Crippen LogP contribution < -0.4 is 11.1 Å². The number of likely N-dealkylation sites (tertiary alicyclic amines) is 1. The van der Waals surface area contributed by atoms with Crippen molar-refractivity contribution in [2.75, 3.05) is 32.8 Å². The van der Waals surface area contributed by atoms with Gasteiger partial charge in [0.2, 0.25) is 5.91 Å². The Labute approximate surface area is 104 Å². The van der Waals surface area contributed by atoms with Gasteiger partial charge < -0.3 is 15.8 Å². The summed E-state index contributed by atoms with van der Waals surface area (Å²) >= 11 is 0. The SMILES string of the molecule is CC(C)OCCCNC(=O)CN1CC[C@@H](N)C1. The van der Waals surface area contributed by atoms with E-state index in [-0.39, 0.29) is 18.1 Å². The highest BCUT2D eigenvalue weighted by Gasteiger charge is 2.20. The fraction of sp³-hybridized carbons (Fsp3) is 0.917. The van der Waals surface area contributed by atoms with Crippen molar-refractivity contribution in [3.05, 3.63) is 0 Å². The van der Waals surface area contributed by atoms with Crippen LogP contribution in [0, 0.1) is 0 Å². The Bertz CT molecular complexity index is 234. The zero-order chi connectivity index (χ0) is 12.7. The van der Waals surface area contributed by atoms with Crippen molar-refractivity contribution in [1.29, 1.82) is 0 Å². The molecule has 0 spiro atoms. The van der Waals surface area contributed by atoms with E-state index in [0.717, 1.165) is 25.9 Å². The molecule has 0 radical (unpaired) electrons. The molecule has 0 unspecified atom stereocenters. The lowest BCUT2D eigenvalue weighted by Gasteiger charge is -2.14. The predicted octanol–water partition coefficient (Wildman–Crippen LogP) is -0.0493. The van der Waals surface area contributed by atoms with Gasteiger partial charge in [-0.1, -0.05) is 0 Å². The first kappa shape index (κ1) is 14.4. The third-order valence-electron chi connectivity index (χ3n) is 2.77. The lowest BCUT2D eigenvalue weighted by Crippen LogP contribution is -2.37. The van der Waals surface area contributed by atoms with E-state index in [9.17, 15) is 4.79 Å². The quantitative estimate of drug-likeness (QED) is 0.615. The molecule has 5 nitrogen and oxygen atoms in total. The summed E-state index contributed by atoms with van der Waals surface area (Å²) < 4.78 is 5.39. The van der Waals surface area contributed by atoms with Crippen molar-refractivity contribution in [2.45, 2.75) is 38.8 Å². The summed E-state index contributed by atoms with van der Waals surface area (Å²) in [6, 6.07) is 0.238. The molecular weight excluding hydrogens is 218 g/mol. The topological polar surface area (TPSA) is 67.6 Å². The molecule has 3 N–H and O–H groups in total. The van der Waals surface area contributed by atoms with E-state index in [1.165, 1.54) is 0 Å². The molecule has 1 aliphatic heterocycles. The molecule has 0 aromatic carbocycles. The zero-order valence-corrected chi connectivity index (χ0v) is 10.9. The van der Waals surface area contributed by atoms with E-state index in [0.29, 0.717) is 19.7 Å². The molecule has 0 aromatic rings. The Morgan fingerprint density at radius 3 is 2.94 bits per heavy atom. The van der Waals surface area contributed by atoms with Crippen molar-refractivity contribution >= 4 is 5.91 Å². The molecule has 0 aromatic heterocycles. The summed E-state index contributed by atoms with van der Waals surface area (Å²) in [5.74, 6) is 0.0867. The van der Waals surface area contributed by atoms with Gasteiger partial charge in [0.1, 0.15) is 0 Å². The number of nitrogens with two attached hydrogens (primary N) is 1.